The number of carbonyl (C=O) groups excluding carboxylic acids is 1. The summed E-state index contributed by atoms with van der Waals surface area (Å²) >= 11 is 5.91. The molecule has 168 valence electrons. The minimum atomic E-state index is -0.00713. The number of halogens is 2. The highest BCUT2D eigenvalue weighted by Gasteiger charge is 2.24. The van der Waals surface area contributed by atoms with Crippen molar-refractivity contribution in [3.63, 3.8) is 0 Å². The highest BCUT2D eigenvalue weighted by molar-refractivity contribution is 14.0. The number of nitrogens with one attached hydrogen (secondary N) is 1. The van der Waals surface area contributed by atoms with Crippen LogP contribution in [0.4, 0.5) is 0 Å². The molecule has 0 aliphatic carbocycles. The first-order chi connectivity index (χ1) is 14.0. The summed E-state index contributed by atoms with van der Waals surface area (Å²) in [5.74, 6) is 1.95. The van der Waals surface area contributed by atoms with Gasteiger partial charge >= 0.3 is 0 Å². The van der Waals surface area contributed by atoms with Crippen molar-refractivity contribution in [2.45, 2.75) is 25.9 Å². The normalized spacial score (nSPS) is 18.7. The van der Waals surface area contributed by atoms with Gasteiger partial charge in [-0.3, -0.25) is 14.7 Å². The largest absolute Gasteiger partial charge is 0.489 e. The molecule has 1 aromatic carbocycles. The van der Waals surface area contributed by atoms with Gasteiger partial charge in [0.05, 0.1) is 13.1 Å². The van der Waals surface area contributed by atoms with Gasteiger partial charge in [0.1, 0.15) is 11.9 Å². The average molecular weight is 550 g/mol. The van der Waals surface area contributed by atoms with Crippen LogP contribution < -0.4 is 10.1 Å². The number of rotatable bonds is 6. The minimum Gasteiger partial charge on any atom is -0.489 e. The Morgan fingerprint density at radius 3 is 2.33 bits per heavy atom. The van der Waals surface area contributed by atoms with Crippen LogP contribution in [0.1, 0.15) is 19.8 Å². The zero-order valence-electron chi connectivity index (χ0n) is 17.8. The second-order valence-corrected chi connectivity index (χ2v) is 8.10. The molecule has 3 rings (SSSR count). The molecule has 0 spiro atoms. The second-order valence-electron chi connectivity index (χ2n) is 7.66. The summed E-state index contributed by atoms with van der Waals surface area (Å²) in [5.41, 5.74) is 0. The Morgan fingerprint density at radius 2 is 1.73 bits per heavy atom. The fraction of sp³-hybridized carbons (Fsp3) is 0.619. The molecule has 30 heavy (non-hydrogen) atoms. The lowest BCUT2D eigenvalue weighted by Gasteiger charge is -2.36. The van der Waals surface area contributed by atoms with Crippen LogP contribution in [0.2, 0.25) is 5.02 Å². The molecule has 1 unspecified atom stereocenters. The van der Waals surface area contributed by atoms with E-state index in [2.05, 4.69) is 20.1 Å². The molecule has 1 amide bonds. The van der Waals surface area contributed by atoms with Crippen LogP contribution in [-0.4, -0.2) is 92.1 Å². The molecule has 0 aromatic heterocycles. The topological polar surface area (TPSA) is 60.4 Å². The first-order valence-electron chi connectivity index (χ1n) is 10.4. The van der Waals surface area contributed by atoms with Gasteiger partial charge in [0.2, 0.25) is 5.91 Å². The summed E-state index contributed by atoms with van der Waals surface area (Å²) in [6.07, 6.45) is 2.27. The molecular weight excluding hydrogens is 517 g/mol. The third-order valence-corrected chi connectivity index (χ3v) is 5.65. The van der Waals surface area contributed by atoms with E-state index in [1.54, 1.807) is 7.05 Å². The van der Waals surface area contributed by atoms with E-state index < -0.39 is 0 Å². The molecule has 1 aromatic rings. The van der Waals surface area contributed by atoms with Crippen molar-refractivity contribution in [3.05, 3.63) is 29.3 Å². The number of amides is 1. The van der Waals surface area contributed by atoms with Gasteiger partial charge in [-0.15, -0.1) is 24.0 Å². The highest BCUT2D eigenvalue weighted by atomic mass is 127. The van der Waals surface area contributed by atoms with Crippen molar-refractivity contribution in [2.24, 2.45) is 4.99 Å². The van der Waals surface area contributed by atoms with E-state index in [0.717, 1.165) is 63.8 Å². The zero-order chi connectivity index (χ0) is 20.6. The predicted octanol–water partition coefficient (Wildman–Crippen LogP) is 2.54. The van der Waals surface area contributed by atoms with E-state index in [-0.39, 0.29) is 36.0 Å². The summed E-state index contributed by atoms with van der Waals surface area (Å²) in [7, 11) is 1.80. The SMILES string of the molecule is CN=C(NCC(C)Oc1ccc(Cl)cc1)N1CCN(CC(=O)N2CCCC2)CC1.I. The Kier molecular flexibility index (Phi) is 10.5. The molecular formula is C21H33ClIN5O2. The Morgan fingerprint density at radius 1 is 1.10 bits per heavy atom. The lowest BCUT2D eigenvalue weighted by Crippen LogP contribution is -2.54. The third kappa shape index (κ3) is 7.46. The van der Waals surface area contributed by atoms with Crippen molar-refractivity contribution in [3.8, 4) is 5.75 Å². The Labute approximate surface area is 201 Å². The summed E-state index contributed by atoms with van der Waals surface area (Å²) in [6, 6.07) is 7.39. The van der Waals surface area contributed by atoms with E-state index >= 15 is 0 Å². The van der Waals surface area contributed by atoms with Gasteiger partial charge in [-0.05, 0) is 44.0 Å². The maximum Gasteiger partial charge on any atom is 0.236 e. The molecule has 9 heteroatoms. The van der Waals surface area contributed by atoms with E-state index in [1.807, 2.05) is 36.1 Å². The van der Waals surface area contributed by atoms with E-state index in [9.17, 15) is 4.79 Å². The smallest absolute Gasteiger partial charge is 0.236 e. The summed E-state index contributed by atoms with van der Waals surface area (Å²) in [4.78, 5) is 23.2. The maximum absolute atomic E-state index is 12.3. The van der Waals surface area contributed by atoms with Crippen LogP contribution in [0.25, 0.3) is 0 Å². The maximum atomic E-state index is 12.3. The molecule has 2 heterocycles. The van der Waals surface area contributed by atoms with Crippen LogP contribution >= 0.6 is 35.6 Å². The average Bonchev–Trinajstić information content (AvgIpc) is 3.26. The number of ether oxygens (including phenoxy) is 1. The lowest BCUT2D eigenvalue weighted by atomic mass is 10.3. The second kappa shape index (κ2) is 12.6. The number of benzene rings is 1. The van der Waals surface area contributed by atoms with Gasteiger partial charge in [0, 0.05) is 51.3 Å². The first-order valence-corrected chi connectivity index (χ1v) is 10.8. The van der Waals surface area contributed by atoms with Crippen LogP contribution in [0.5, 0.6) is 5.75 Å². The standard InChI is InChI=1S/C21H32ClN5O2.HI/c1-17(29-19-7-5-18(22)6-8-19)15-24-21(23-2)27-13-11-25(12-14-27)16-20(28)26-9-3-4-10-26;/h5-8,17H,3-4,9-16H2,1-2H3,(H,23,24);1H. The highest BCUT2D eigenvalue weighted by Crippen LogP contribution is 2.16. The van der Waals surface area contributed by atoms with Crippen LogP contribution in [0.3, 0.4) is 0 Å². The van der Waals surface area contributed by atoms with Gasteiger partial charge in [-0.1, -0.05) is 11.6 Å². The van der Waals surface area contributed by atoms with Crippen LogP contribution in [-0.2, 0) is 4.79 Å². The van der Waals surface area contributed by atoms with Crippen molar-refractivity contribution >= 4 is 47.4 Å². The summed E-state index contributed by atoms with van der Waals surface area (Å²) < 4.78 is 5.92. The predicted molar refractivity (Wildman–Crippen MR) is 132 cm³/mol. The molecule has 0 radical (unpaired) electrons. The van der Waals surface area contributed by atoms with Crippen LogP contribution in [0.15, 0.2) is 29.3 Å². The quantitative estimate of drug-likeness (QED) is 0.336. The fourth-order valence-corrected chi connectivity index (χ4v) is 3.86. The molecule has 7 nitrogen and oxygen atoms in total. The Bertz CT molecular complexity index is 689. The monoisotopic (exact) mass is 549 g/mol. The van der Waals surface area contributed by atoms with Crippen molar-refractivity contribution in [1.29, 1.82) is 0 Å². The molecule has 2 saturated heterocycles. The number of nitrogens with zero attached hydrogens (tertiary/aromatic N) is 4. The van der Waals surface area contributed by atoms with Gasteiger partial charge < -0.3 is 19.9 Å². The van der Waals surface area contributed by atoms with Gasteiger partial charge in [-0.2, -0.15) is 0 Å². The number of guanidine groups is 1. The number of hydrogen-bond donors (Lipinski definition) is 1. The summed E-state index contributed by atoms with van der Waals surface area (Å²) in [5, 5.41) is 4.10. The molecule has 0 bridgehead atoms. The van der Waals surface area contributed by atoms with Crippen molar-refractivity contribution < 1.29 is 9.53 Å². The van der Waals surface area contributed by atoms with Crippen molar-refractivity contribution in [1.82, 2.24) is 20.0 Å². The number of hydrogen-bond acceptors (Lipinski definition) is 4. The molecule has 2 aliphatic heterocycles. The lowest BCUT2D eigenvalue weighted by molar-refractivity contribution is -0.131. The Hall–Kier alpha value is -1.26. The minimum absolute atomic E-state index is 0. The summed E-state index contributed by atoms with van der Waals surface area (Å²) in [6.45, 7) is 8.52. The number of piperazine rings is 1. The third-order valence-electron chi connectivity index (χ3n) is 5.40. The molecule has 1 atom stereocenters. The van der Waals surface area contributed by atoms with E-state index in [1.165, 1.54) is 0 Å². The fourth-order valence-electron chi connectivity index (χ4n) is 3.73. The number of likely N-dealkylation sites (tertiary alicyclic amines) is 1. The van der Waals surface area contributed by atoms with Gasteiger partial charge in [-0.25, -0.2) is 0 Å². The zero-order valence-corrected chi connectivity index (χ0v) is 20.9. The van der Waals surface area contributed by atoms with Gasteiger partial charge in [0.15, 0.2) is 5.96 Å². The van der Waals surface area contributed by atoms with Crippen molar-refractivity contribution in [2.75, 3.05) is 59.4 Å². The van der Waals surface area contributed by atoms with Gasteiger partial charge in [0.25, 0.3) is 0 Å². The van der Waals surface area contributed by atoms with E-state index in [0.29, 0.717) is 18.1 Å². The number of aliphatic imine (C=N–C) groups is 1. The molecule has 0 saturated carbocycles. The first kappa shape index (κ1) is 25.0. The Balaban J connectivity index is 0.00000320. The molecule has 2 fully saturated rings. The van der Waals surface area contributed by atoms with Crippen LogP contribution in [0, 0.1) is 0 Å². The van der Waals surface area contributed by atoms with E-state index in [4.69, 9.17) is 16.3 Å². The molecule has 2 aliphatic rings. The molecule has 1 N–H and O–H groups in total. The number of carbonyl (C=O) groups is 1.